The van der Waals surface area contributed by atoms with Crippen LogP contribution < -0.4 is 0 Å². The van der Waals surface area contributed by atoms with Crippen molar-refractivity contribution in [3.8, 4) is 11.5 Å². The number of hydrogen-bond acceptors (Lipinski definition) is 6. The van der Waals surface area contributed by atoms with E-state index in [1.807, 2.05) is 0 Å². The Kier molecular flexibility index (Phi) is 6.68. The van der Waals surface area contributed by atoms with Crippen molar-refractivity contribution in [1.29, 1.82) is 0 Å². The van der Waals surface area contributed by atoms with Crippen LogP contribution in [0.1, 0.15) is 35.4 Å². The van der Waals surface area contributed by atoms with E-state index in [1.54, 1.807) is 36.4 Å². The number of sulfone groups is 1. The van der Waals surface area contributed by atoms with Crippen LogP contribution in [0.4, 0.5) is 4.39 Å². The monoisotopic (exact) mass is 558 g/mol. The van der Waals surface area contributed by atoms with Crippen LogP contribution in [-0.4, -0.2) is 30.6 Å². The van der Waals surface area contributed by atoms with E-state index in [4.69, 9.17) is 27.7 Å². The standard InChI is InChI=1S/C27H21Cl2FN2O4S/c1-37(34,35)21-8-2-16(3-9-21)12-20(33)13-17-14-22(28)24(23(29)15-17)27(10-11-27)26-31-25(36-32-26)18-4-6-19(30)7-5-18/h2-9,14-15H,10-13H2,1H3. The van der Waals surface area contributed by atoms with Crippen LogP contribution in [0.3, 0.4) is 0 Å². The number of nitrogens with zero attached hydrogens (tertiary/aromatic N) is 2. The predicted octanol–water partition coefficient (Wildman–Crippen LogP) is 6.02. The van der Waals surface area contributed by atoms with Gasteiger partial charge in [-0.15, -0.1) is 0 Å². The molecule has 37 heavy (non-hydrogen) atoms. The predicted molar refractivity (Wildman–Crippen MR) is 138 cm³/mol. The lowest BCUT2D eigenvalue weighted by molar-refractivity contribution is -0.117. The number of benzene rings is 3. The van der Waals surface area contributed by atoms with Crippen LogP contribution in [0.25, 0.3) is 11.5 Å². The molecule has 0 saturated heterocycles. The van der Waals surface area contributed by atoms with Gasteiger partial charge in [-0.1, -0.05) is 40.5 Å². The lowest BCUT2D eigenvalue weighted by Crippen LogP contribution is -2.13. The zero-order valence-corrected chi connectivity index (χ0v) is 22.0. The zero-order valence-electron chi connectivity index (χ0n) is 19.7. The highest BCUT2D eigenvalue weighted by Crippen LogP contribution is 2.56. The first-order chi connectivity index (χ1) is 17.5. The minimum absolute atomic E-state index is 0.0600. The number of halogens is 3. The van der Waals surface area contributed by atoms with Crippen LogP contribution in [0, 0.1) is 5.82 Å². The maximum Gasteiger partial charge on any atom is 0.257 e. The van der Waals surface area contributed by atoms with Crippen molar-refractivity contribution in [3.05, 3.63) is 99.0 Å². The Morgan fingerprint density at radius 3 is 2.14 bits per heavy atom. The van der Waals surface area contributed by atoms with Gasteiger partial charge in [0.1, 0.15) is 11.6 Å². The van der Waals surface area contributed by atoms with E-state index in [9.17, 15) is 17.6 Å². The second-order valence-electron chi connectivity index (χ2n) is 9.25. The van der Waals surface area contributed by atoms with Gasteiger partial charge in [0.15, 0.2) is 15.7 Å². The third kappa shape index (κ3) is 5.32. The molecule has 0 aliphatic heterocycles. The first kappa shape index (κ1) is 25.6. The molecule has 1 aliphatic carbocycles. The highest BCUT2D eigenvalue weighted by atomic mass is 35.5. The molecule has 1 saturated carbocycles. The molecular weight excluding hydrogens is 538 g/mol. The summed E-state index contributed by atoms with van der Waals surface area (Å²) < 4.78 is 41.9. The van der Waals surface area contributed by atoms with Crippen molar-refractivity contribution >= 4 is 38.8 Å². The van der Waals surface area contributed by atoms with Gasteiger partial charge in [-0.3, -0.25) is 4.79 Å². The summed E-state index contributed by atoms with van der Waals surface area (Å²) in [7, 11) is -3.29. The molecular formula is C27H21Cl2FN2O4S. The SMILES string of the molecule is CS(=O)(=O)c1ccc(CC(=O)Cc2cc(Cl)c(C3(c4noc(-c5ccc(F)cc5)n4)CC3)c(Cl)c2)cc1. The Morgan fingerprint density at radius 2 is 1.57 bits per heavy atom. The molecule has 0 spiro atoms. The maximum atomic E-state index is 13.3. The Bertz CT molecular complexity index is 1570. The fourth-order valence-electron chi connectivity index (χ4n) is 4.40. The Morgan fingerprint density at radius 1 is 0.973 bits per heavy atom. The smallest absolute Gasteiger partial charge is 0.257 e. The molecule has 5 rings (SSSR count). The summed E-state index contributed by atoms with van der Waals surface area (Å²) in [6, 6.07) is 15.5. The fraction of sp³-hybridized carbons (Fsp3) is 0.222. The van der Waals surface area contributed by atoms with Gasteiger partial charge in [0.25, 0.3) is 5.89 Å². The number of carbonyl (C=O) groups is 1. The summed E-state index contributed by atoms with van der Waals surface area (Å²) in [5, 5.41) is 4.99. The molecule has 1 aromatic heterocycles. The summed E-state index contributed by atoms with van der Waals surface area (Å²) in [4.78, 5) is 17.4. The van der Waals surface area contributed by atoms with Crippen LogP contribution in [0.5, 0.6) is 0 Å². The fourth-order valence-corrected chi connectivity index (χ4v) is 5.92. The first-order valence-corrected chi connectivity index (χ1v) is 14.1. The minimum atomic E-state index is -3.29. The van der Waals surface area contributed by atoms with E-state index in [2.05, 4.69) is 10.1 Å². The lowest BCUT2D eigenvalue weighted by atomic mass is 9.92. The van der Waals surface area contributed by atoms with Crippen molar-refractivity contribution in [3.63, 3.8) is 0 Å². The van der Waals surface area contributed by atoms with E-state index < -0.39 is 15.3 Å². The van der Waals surface area contributed by atoms with Crippen LogP contribution in [-0.2, 0) is 32.9 Å². The molecule has 0 unspecified atom stereocenters. The molecule has 4 aromatic rings. The molecule has 3 aromatic carbocycles. The lowest BCUT2D eigenvalue weighted by Gasteiger charge is -2.16. The molecule has 6 nitrogen and oxygen atoms in total. The molecule has 0 N–H and O–H groups in total. The molecule has 1 aliphatic rings. The van der Waals surface area contributed by atoms with Gasteiger partial charge in [0.05, 0.1) is 10.3 Å². The number of aromatic nitrogens is 2. The largest absolute Gasteiger partial charge is 0.334 e. The van der Waals surface area contributed by atoms with E-state index in [1.165, 1.54) is 24.3 Å². The quantitative estimate of drug-likeness (QED) is 0.262. The highest BCUT2D eigenvalue weighted by Gasteiger charge is 2.52. The number of rotatable bonds is 8. The first-order valence-electron chi connectivity index (χ1n) is 11.4. The van der Waals surface area contributed by atoms with E-state index in [-0.39, 0.29) is 35.2 Å². The Labute approximate surface area is 223 Å². The minimum Gasteiger partial charge on any atom is -0.334 e. The Balaban J connectivity index is 1.33. The molecule has 1 fully saturated rings. The third-order valence-electron chi connectivity index (χ3n) is 6.43. The normalized spacial score (nSPS) is 14.5. The average Bonchev–Trinajstić information content (AvgIpc) is 3.45. The number of hydrogen-bond donors (Lipinski definition) is 0. The van der Waals surface area contributed by atoms with Crippen LogP contribution in [0.2, 0.25) is 10.0 Å². The second-order valence-corrected chi connectivity index (χ2v) is 12.1. The molecule has 10 heteroatoms. The average molecular weight is 559 g/mol. The van der Waals surface area contributed by atoms with E-state index in [0.29, 0.717) is 32.6 Å². The molecule has 1 heterocycles. The van der Waals surface area contributed by atoms with Gasteiger partial charge in [-0.25, -0.2) is 12.8 Å². The molecule has 0 amide bonds. The summed E-state index contributed by atoms with van der Waals surface area (Å²) in [5.41, 5.74) is 2.10. The van der Waals surface area contributed by atoms with Crippen LogP contribution >= 0.6 is 23.2 Å². The number of Topliss-reactive ketones (excluding diaryl/α,β-unsaturated/α-hetero) is 1. The van der Waals surface area contributed by atoms with E-state index in [0.717, 1.165) is 24.7 Å². The summed E-state index contributed by atoms with van der Waals surface area (Å²) in [6.45, 7) is 0. The molecule has 0 atom stereocenters. The van der Waals surface area contributed by atoms with Gasteiger partial charge in [0.2, 0.25) is 0 Å². The van der Waals surface area contributed by atoms with Crippen molar-refractivity contribution in [2.75, 3.05) is 6.26 Å². The van der Waals surface area contributed by atoms with Gasteiger partial charge in [0, 0.05) is 40.3 Å². The zero-order chi connectivity index (χ0) is 26.4. The van der Waals surface area contributed by atoms with Gasteiger partial charge in [-0.2, -0.15) is 4.98 Å². The van der Waals surface area contributed by atoms with Crippen LogP contribution in [0.15, 0.2) is 70.1 Å². The third-order valence-corrected chi connectivity index (χ3v) is 8.15. The summed E-state index contributed by atoms with van der Waals surface area (Å²) >= 11 is 13.3. The second kappa shape index (κ2) is 9.67. The van der Waals surface area contributed by atoms with Crippen molar-refractivity contribution in [1.82, 2.24) is 10.1 Å². The maximum absolute atomic E-state index is 13.3. The molecule has 190 valence electrons. The highest BCUT2D eigenvalue weighted by molar-refractivity contribution is 7.90. The topological polar surface area (TPSA) is 90.1 Å². The van der Waals surface area contributed by atoms with Crippen molar-refractivity contribution < 1.29 is 22.1 Å². The summed E-state index contributed by atoms with van der Waals surface area (Å²) in [5.74, 6) is 0.316. The van der Waals surface area contributed by atoms with E-state index >= 15 is 0 Å². The van der Waals surface area contributed by atoms with Gasteiger partial charge < -0.3 is 4.52 Å². The number of carbonyl (C=O) groups excluding carboxylic acids is 1. The van der Waals surface area contributed by atoms with Crippen molar-refractivity contribution in [2.45, 2.75) is 36.0 Å². The van der Waals surface area contributed by atoms with Crippen molar-refractivity contribution in [2.24, 2.45) is 0 Å². The molecule has 0 bridgehead atoms. The van der Waals surface area contributed by atoms with Gasteiger partial charge >= 0.3 is 0 Å². The summed E-state index contributed by atoms with van der Waals surface area (Å²) in [6.07, 6.45) is 2.88. The van der Waals surface area contributed by atoms with Gasteiger partial charge in [-0.05, 0) is 72.5 Å². The Hall–Kier alpha value is -3.07. The number of ketones is 1. The molecule has 0 radical (unpaired) electrons.